The summed E-state index contributed by atoms with van der Waals surface area (Å²) in [6.07, 6.45) is 2.40. The van der Waals surface area contributed by atoms with Crippen molar-refractivity contribution in [2.45, 2.75) is 26.3 Å². The SMILES string of the molecule is CCS(=O)CCNCc1cccc2c1NCCC2. The van der Waals surface area contributed by atoms with Gasteiger partial charge >= 0.3 is 0 Å². The first-order chi connectivity index (χ1) is 8.81. The smallest absolute Gasteiger partial charge is 0.0418 e. The molecule has 0 saturated carbocycles. The van der Waals surface area contributed by atoms with Gasteiger partial charge in [0.1, 0.15) is 0 Å². The molecule has 0 amide bonds. The molecule has 2 N–H and O–H groups in total. The number of benzene rings is 1. The van der Waals surface area contributed by atoms with Crippen molar-refractivity contribution in [1.29, 1.82) is 0 Å². The van der Waals surface area contributed by atoms with Crippen LogP contribution in [0.2, 0.25) is 0 Å². The predicted octanol–water partition coefficient (Wildman–Crippen LogP) is 1.90. The maximum atomic E-state index is 11.3. The summed E-state index contributed by atoms with van der Waals surface area (Å²) in [4.78, 5) is 0. The van der Waals surface area contributed by atoms with Crippen LogP contribution in [0.5, 0.6) is 0 Å². The minimum absolute atomic E-state index is 0.665. The highest BCUT2D eigenvalue weighted by Crippen LogP contribution is 2.25. The molecule has 2 rings (SSSR count). The molecule has 1 aliphatic rings. The molecule has 100 valence electrons. The summed E-state index contributed by atoms with van der Waals surface area (Å²) in [7, 11) is -0.665. The maximum Gasteiger partial charge on any atom is 0.0418 e. The van der Waals surface area contributed by atoms with Crippen LogP contribution in [0.1, 0.15) is 24.5 Å². The number of hydrogen-bond donors (Lipinski definition) is 2. The zero-order chi connectivity index (χ0) is 12.8. The van der Waals surface area contributed by atoms with Crippen molar-refractivity contribution in [3.8, 4) is 0 Å². The van der Waals surface area contributed by atoms with E-state index in [2.05, 4.69) is 28.8 Å². The van der Waals surface area contributed by atoms with E-state index < -0.39 is 10.8 Å². The van der Waals surface area contributed by atoms with Crippen LogP contribution in [-0.4, -0.2) is 28.8 Å². The van der Waals surface area contributed by atoms with Crippen LogP contribution in [0.15, 0.2) is 18.2 Å². The van der Waals surface area contributed by atoms with Crippen molar-refractivity contribution in [1.82, 2.24) is 5.32 Å². The average molecular weight is 266 g/mol. The van der Waals surface area contributed by atoms with Crippen LogP contribution < -0.4 is 10.6 Å². The second kappa shape index (κ2) is 6.90. The fourth-order valence-corrected chi connectivity index (χ4v) is 2.94. The molecule has 0 fully saturated rings. The lowest BCUT2D eigenvalue weighted by Crippen LogP contribution is -2.22. The van der Waals surface area contributed by atoms with Gasteiger partial charge in [0.2, 0.25) is 0 Å². The zero-order valence-electron chi connectivity index (χ0n) is 11.0. The highest BCUT2D eigenvalue weighted by Gasteiger charge is 2.11. The van der Waals surface area contributed by atoms with Crippen LogP contribution in [0.3, 0.4) is 0 Å². The summed E-state index contributed by atoms with van der Waals surface area (Å²) in [5, 5.41) is 6.88. The number of hydrogen-bond acceptors (Lipinski definition) is 3. The second-order valence-corrected chi connectivity index (χ2v) is 6.46. The summed E-state index contributed by atoms with van der Waals surface area (Å²) < 4.78 is 11.3. The molecule has 18 heavy (non-hydrogen) atoms. The minimum Gasteiger partial charge on any atom is -0.385 e. The van der Waals surface area contributed by atoms with Crippen molar-refractivity contribution in [3.05, 3.63) is 29.3 Å². The summed E-state index contributed by atoms with van der Waals surface area (Å²) in [5.41, 5.74) is 4.07. The van der Waals surface area contributed by atoms with Crippen molar-refractivity contribution in [2.75, 3.05) is 29.9 Å². The largest absolute Gasteiger partial charge is 0.385 e. The predicted molar refractivity (Wildman–Crippen MR) is 78.5 cm³/mol. The van der Waals surface area contributed by atoms with E-state index in [9.17, 15) is 4.21 Å². The lowest BCUT2D eigenvalue weighted by molar-refractivity contribution is 0.673. The van der Waals surface area contributed by atoms with E-state index in [4.69, 9.17) is 0 Å². The molecule has 0 saturated heterocycles. The van der Waals surface area contributed by atoms with Crippen LogP contribution in [-0.2, 0) is 23.8 Å². The lowest BCUT2D eigenvalue weighted by atomic mass is 9.99. The Morgan fingerprint density at radius 3 is 3.17 bits per heavy atom. The zero-order valence-corrected chi connectivity index (χ0v) is 11.8. The third-order valence-electron chi connectivity index (χ3n) is 3.31. The summed E-state index contributed by atoms with van der Waals surface area (Å²) in [5.74, 6) is 1.50. The molecule has 0 bridgehead atoms. The molecular weight excluding hydrogens is 244 g/mol. The summed E-state index contributed by atoms with van der Waals surface area (Å²) in [6.45, 7) is 4.72. The topological polar surface area (TPSA) is 41.1 Å². The Morgan fingerprint density at radius 1 is 1.44 bits per heavy atom. The van der Waals surface area contributed by atoms with Gasteiger partial charge in [0.15, 0.2) is 0 Å². The first kappa shape index (κ1) is 13.6. The molecule has 1 atom stereocenters. The molecule has 1 aromatic carbocycles. The van der Waals surface area contributed by atoms with Gasteiger partial charge in [-0.15, -0.1) is 0 Å². The lowest BCUT2D eigenvalue weighted by Gasteiger charge is -2.21. The molecule has 0 radical (unpaired) electrons. The Balaban J connectivity index is 1.88. The number of fused-ring (bicyclic) bond motifs is 1. The van der Waals surface area contributed by atoms with Gasteiger partial charge in [0, 0.05) is 47.6 Å². The highest BCUT2D eigenvalue weighted by atomic mass is 32.2. The fourth-order valence-electron chi connectivity index (χ4n) is 2.28. The normalized spacial score (nSPS) is 15.8. The van der Waals surface area contributed by atoms with Crippen LogP contribution in [0.25, 0.3) is 0 Å². The van der Waals surface area contributed by atoms with Crippen LogP contribution in [0, 0.1) is 0 Å². The van der Waals surface area contributed by atoms with E-state index in [1.54, 1.807) is 0 Å². The summed E-state index contributed by atoms with van der Waals surface area (Å²) in [6, 6.07) is 6.51. The maximum absolute atomic E-state index is 11.3. The molecule has 0 aromatic heterocycles. The number of rotatable bonds is 6. The Bertz CT molecular complexity index is 420. The standard InChI is InChI=1S/C14H22N2OS/c1-2-18(17)10-9-15-11-13-6-3-5-12-7-4-8-16-14(12)13/h3,5-6,15-16H,2,4,7-11H2,1H3. The number of aryl methyl sites for hydroxylation is 1. The Labute approximate surface area is 112 Å². The number of nitrogens with one attached hydrogen (secondary N) is 2. The van der Waals surface area contributed by atoms with Crippen molar-refractivity contribution in [3.63, 3.8) is 0 Å². The van der Waals surface area contributed by atoms with Crippen molar-refractivity contribution < 1.29 is 4.21 Å². The van der Waals surface area contributed by atoms with Crippen molar-refractivity contribution >= 4 is 16.5 Å². The quantitative estimate of drug-likeness (QED) is 0.773. The Kier molecular flexibility index (Phi) is 5.20. The highest BCUT2D eigenvalue weighted by molar-refractivity contribution is 7.84. The molecule has 1 unspecified atom stereocenters. The molecule has 4 heteroatoms. The Hall–Kier alpha value is -0.870. The van der Waals surface area contributed by atoms with Gasteiger partial charge in [-0.3, -0.25) is 4.21 Å². The first-order valence-electron chi connectivity index (χ1n) is 6.71. The van der Waals surface area contributed by atoms with Gasteiger partial charge < -0.3 is 10.6 Å². The molecule has 0 spiro atoms. The fraction of sp³-hybridized carbons (Fsp3) is 0.571. The van der Waals surface area contributed by atoms with E-state index in [0.29, 0.717) is 0 Å². The second-order valence-electron chi connectivity index (χ2n) is 4.59. The van der Waals surface area contributed by atoms with Crippen LogP contribution in [0.4, 0.5) is 5.69 Å². The summed E-state index contributed by atoms with van der Waals surface area (Å²) >= 11 is 0. The van der Waals surface area contributed by atoms with E-state index in [1.165, 1.54) is 29.7 Å². The molecule has 1 aliphatic heterocycles. The first-order valence-corrected chi connectivity index (χ1v) is 8.20. The van der Waals surface area contributed by atoms with Gasteiger partial charge in [-0.2, -0.15) is 0 Å². The van der Waals surface area contributed by atoms with E-state index >= 15 is 0 Å². The van der Waals surface area contributed by atoms with Crippen LogP contribution >= 0.6 is 0 Å². The number of para-hydroxylation sites is 1. The van der Waals surface area contributed by atoms with Gasteiger partial charge in [-0.25, -0.2) is 0 Å². The van der Waals surface area contributed by atoms with Crippen molar-refractivity contribution in [2.24, 2.45) is 0 Å². The molecule has 1 heterocycles. The van der Waals surface area contributed by atoms with Gasteiger partial charge in [0.25, 0.3) is 0 Å². The van der Waals surface area contributed by atoms with E-state index in [-0.39, 0.29) is 0 Å². The molecule has 0 aliphatic carbocycles. The average Bonchev–Trinajstić information content (AvgIpc) is 2.43. The third kappa shape index (κ3) is 3.56. The third-order valence-corrected chi connectivity index (χ3v) is 4.61. The molecule has 3 nitrogen and oxygen atoms in total. The monoisotopic (exact) mass is 266 g/mol. The van der Waals surface area contributed by atoms with Gasteiger partial charge in [-0.05, 0) is 24.0 Å². The van der Waals surface area contributed by atoms with Gasteiger partial charge in [0.05, 0.1) is 0 Å². The van der Waals surface area contributed by atoms with Gasteiger partial charge in [-0.1, -0.05) is 25.1 Å². The number of anilines is 1. The molecule has 1 aromatic rings. The minimum atomic E-state index is -0.665. The Morgan fingerprint density at radius 2 is 2.33 bits per heavy atom. The van der Waals surface area contributed by atoms with E-state index in [1.807, 2.05) is 6.92 Å². The molecular formula is C14H22N2OS. The van der Waals surface area contributed by atoms with E-state index in [0.717, 1.165) is 31.1 Å².